The van der Waals surface area contributed by atoms with Crippen LogP contribution in [0.5, 0.6) is 5.75 Å². The van der Waals surface area contributed by atoms with Crippen LogP contribution >= 0.6 is 0 Å². The summed E-state index contributed by atoms with van der Waals surface area (Å²) in [5.41, 5.74) is 6.22. The van der Waals surface area contributed by atoms with E-state index in [1.807, 2.05) is 12.1 Å². The molecule has 0 unspecified atom stereocenters. The zero-order chi connectivity index (χ0) is 16.7. The van der Waals surface area contributed by atoms with Crippen molar-refractivity contribution in [3.8, 4) is 5.75 Å². The number of rotatable bonds is 5. The van der Waals surface area contributed by atoms with Crippen LogP contribution in [0.25, 0.3) is 0 Å². The van der Waals surface area contributed by atoms with E-state index in [2.05, 4.69) is 22.3 Å². The Balaban J connectivity index is 2.03. The predicted molar refractivity (Wildman–Crippen MR) is 88.1 cm³/mol. The summed E-state index contributed by atoms with van der Waals surface area (Å²) in [5, 5.41) is 2.12. The molecule has 23 heavy (non-hydrogen) atoms. The monoisotopic (exact) mass is 319 g/mol. The highest BCUT2D eigenvalue weighted by Crippen LogP contribution is 2.31. The summed E-state index contributed by atoms with van der Waals surface area (Å²) in [6.07, 6.45) is 4.86. The van der Waals surface area contributed by atoms with Gasteiger partial charge in [0.05, 0.1) is 7.11 Å². The molecule has 0 aromatic heterocycles. The highest BCUT2D eigenvalue weighted by Gasteiger charge is 2.23. The standard InChI is InChI=1S/C17H25N3O3/c1-23-14-8-6-13(7-9-14)15-5-3-2-4-11-20(15)12-10-16(21)19-17(18)22/h6-9,15H,2-5,10-12H2,1H3,(H3,18,19,21,22)/t15-/m1/s1. The Morgan fingerprint density at radius 1 is 1.26 bits per heavy atom. The number of primary amides is 1. The molecule has 2 rings (SSSR count). The first-order chi connectivity index (χ1) is 11.1. The van der Waals surface area contributed by atoms with Crippen LogP contribution in [0.15, 0.2) is 24.3 Å². The lowest BCUT2D eigenvalue weighted by atomic mass is 10.0. The number of imide groups is 1. The Hall–Kier alpha value is -2.08. The molecule has 1 atom stereocenters. The molecule has 1 heterocycles. The van der Waals surface area contributed by atoms with Crippen molar-refractivity contribution in [3.05, 3.63) is 29.8 Å². The zero-order valence-electron chi connectivity index (χ0n) is 13.6. The number of carbonyl (C=O) groups excluding carboxylic acids is 2. The van der Waals surface area contributed by atoms with Crippen molar-refractivity contribution in [2.75, 3.05) is 20.2 Å². The van der Waals surface area contributed by atoms with Crippen molar-refractivity contribution < 1.29 is 14.3 Å². The van der Waals surface area contributed by atoms with E-state index in [4.69, 9.17) is 10.5 Å². The SMILES string of the molecule is COc1ccc([C@H]2CCCCCN2CCC(=O)NC(N)=O)cc1. The molecule has 6 nitrogen and oxygen atoms in total. The van der Waals surface area contributed by atoms with Gasteiger partial charge in [0.1, 0.15) is 5.75 Å². The van der Waals surface area contributed by atoms with Gasteiger partial charge in [-0.3, -0.25) is 15.0 Å². The Labute approximate surface area is 137 Å². The minimum Gasteiger partial charge on any atom is -0.497 e. The van der Waals surface area contributed by atoms with Crippen molar-refractivity contribution >= 4 is 11.9 Å². The van der Waals surface area contributed by atoms with Gasteiger partial charge >= 0.3 is 6.03 Å². The van der Waals surface area contributed by atoms with Gasteiger partial charge in [-0.2, -0.15) is 0 Å². The van der Waals surface area contributed by atoms with Crippen molar-refractivity contribution in [1.29, 1.82) is 0 Å². The number of nitrogens with zero attached hydrogens (tertiary/aromatic N) is 1. The van der Waals surface area contributed by atoms with Gasteiger partial charge in [0.2, 0.25) is 5.91 Å². The van der Waals surface area contributed by atoms with Crippen molar-refractivity contribution in [1.82, 2.24) is 10.2 Å². The molecule has 1 aliphatic rings. The van der Waals surface area contributed by atoms with Crippen molar-refractivity contribution in [2.45, 2.75) is 38.1 Å². The second kappa shape index (κ2) is 8.53. The Morgan fingerprint density at radius 2 is 2.00 bits per heavy atom. The highest BCUT2D eigenvalue weighted by atomic mass is 16.5. The molecule has 0 bridgehead atoms. The first kappa shape index (κ1) is 17.3. The summed E-state index contributed by atoms with van der Waals surface area (Å²) in [4.78, 5) is 24.7. The molecule has 3 amide bonds. The van der Waals surface area contributed by atoms with E-state index in [-0.39, 0.29) is 12.3 Å². The second-order valence-corrected chi connectivity index (χ2v) is 5.84. The third-order valence-corrected chi connectivity index (χ3v) is 4.25. The van der Waals surface area contributed by atoms with Gasteiger partial charge in [-0.05, 0) is 37.1 Å². The van der Waals surface area contributed by atoms with Crippen LogP contribution < -0.4 is 15.8 Å². The van der Waals surface area contributed by atoms with E-state index in [1.54, 1.807) is 7.11 Å². The van der Waals surface area contributed by atoms with E-state index < -0.39 is 6.03 Å². The van der Waals surface area contributed by atoms with Gasteiger partial charge in [-0.25, -0.2) is 4.79 Å². The number of nitrogens with one attached hydrogen (secondary N) is 1. The first-order valence-electron chi connectivity index (χ1n) is 8.07. The number of hydrogen-bond donors (Lipinski definition) is 2. The third kappa shape index (κ3) is 5.25. The fourth-order valence-corrected chi connectivity index (χ4v) is 3.08. The van der Waals surface area contributed by atoms with E-state index in [1.165, 1.54) is 18.4 Å². The lowest BCUT2D eigenvalue weighted by Gasteiger charge is -2.30. The molecule has 0 spiro atoms. The Kier molecular flexibility index (Phi) is 6.40. The lowest BCUT2D eigenvalue weighted by molar-refractivity contribution is -0.120. The summed E-state index contributed by atoms with van der Waals surface area (Å²) in [6, 6.07) is 7.62. The zero-order valence-corrected chi connectivity index (χ0v) is 13.6. The predicted octanol–water partition coefficient (Wildman–Crippen LogP) is 2.20. The quantitative estimate of drug-likeness (QED) is 0.871. The van der Waals surface area contributed by atoms with E-state index in [0.717, 1.165) is 25.1 Å². The van der Waals surface area contributed by atoms with Crippen molar-refractivity contribution in [2.24, 2.45) is 5.73 Å². The molecule has 1 fully saturated rings. The lowest BCUT2D eigenvalue weighted by Crippen LogP contribution is -2.38. The Morgan fingerprint density at radius 3 is 2.65 bits per heavy atom. The van der Waals surface area contributed by atoms with Crippen LogP contribution in [0.4, 0.5) is 4.79 Å². The maximum Gasteiger partial charge on any atom is 0.318 e. The number of ether oxygens (including phenoxy) is 1. The number of likely N-dealkylation sites (tertiary alicyclic amines) is 1. The molecule has 126 valence electrons. The maximum absolute atomic E-state index is 11.7. The maximum atomic E-state index is 11.7. The molecule has 0 radical (unpaired) electrons. The molecular formula is C17H25N3O3. The molecular weight excluding hydrogens is 294 g/mol. The number of amides is 3. The normalized spacial score (nSPS) is 18.9. The van der Waals surface area contributed by atoms with Gasteiger partial charge < -0.3 is 10.5 Å². The summed E-state index contributed by atoms with van der Waals surface area (Å²) in [5.74, 6) is 0.519. The van der Waals surface area contributed by atoms with Gasteiger partial charge in [-0.15, -0.1) is 0 Å². The summed E-state index contributed by atoms with van der Waals surface area (Å²) < 4.78 is 5.21. The molecule has 1 aromatic carbocycles. The average molecular weight is 319 g/mol. The van der Waals surface area contributed by atoms with Crippen LogP contribution in [0.3, 0.4) is 0 Å². The average Bonchev–Trinajstić information content (AvgIpc) is 2.78. The number of benzene rings is 1. The van der Waals surface area contributed by atoms with Gasteiger partial charge in [0.25, 0.3) is 0 Å². The van der Waals surface area contributed by atoms with Gasteiger partial charge in [0, 0.05) is 19.0 Å². The van der Waals surface area contributed by atoms with E-state index in [9.17, 15) is 9.59 Å². The first-order valence-corrected chi connectivity index (χ1v) is 8.07. The summed E-state index contributed by atoms with van der Waals surface area (Å²) >= 11 is 0. The van der Waals surface area contributed by atoms with Crippen molar-refractivity contribution in [3.63, 3.8) is 0 Å². The molecule has 1 saturated heterocycles. The second-order valence-electron chi connectivity index (χ2n) is 5.84. The number of methoxy groups -OCH3 is 1. The number of carbonyl (C=O) groups is 2. The minimum atomic E-state index is -0.794. The Bertz CT molecular complexity index is 530. The largest absolute Gasteiger partial charge is 0.497 e. The number of urea groups is 1. The molecule has 0 aliphatic carbocycles. The van der Waals surface area contributed by atoms with Crippen LogP contribution in [0, 0.1) is 0 Å². The topological polar surface area (TPSA) is 84.7 Å². The van der Waals surface area contributed by atoms with Crippen LogP contribution in [-0.4, -0.2) is 37.0 Å². The van der Waals surface area contributed by atoms with E-state index >= 15 is 0 Å². The number of nitrogens with two attached hydrogens (primary N) is 1. The fraction of sp³-hybridized carbons (Fsp3) is 0.529. The molecule has 1 aromatic rings. The summed E-state index contributed by atoms with van der Waals surface area (Å²) in [6.45, 7) is 1.58. The highest BCUT2D eigenvalue weighted by molar-refractivity contribution is 5.93. The molecule has 3 N–H and O–H groups in total. The summed E-state index contributed by atoms with van der Waals surface area (Å²) in [7, 11) is 1.66. The minimum absolute atomic E-state index is 0.273. The van der Waals surface area contributed by atoms with Crippen LogP contribution in [0.1, 0.15) is 43.7 Å². The third-order valence-electron chi connectivity index (χ3n) is 4.25. The fourth-order valence-electron chi connectivity index (χ4n) is 3.08. The smallest absolute Gasteiger partial charge is 0.318 e. The van der Waals surface area contributed by atoms with Gasteiger partial charge in [0.15, 0.2) is 0 Å². The van der Waals surface area contributed by atoms with Crippen LogP contribution in [0.2, 0.25) is 0 Å². The number of hydrogen-bond acceptors (Lipinski definition) is 4. The van der Waals surface area contributed by atoms with Gasteiger partial charge in [-0.1, -0.05) is 25.0 Å². The molecule has 0 saturated carbocycles. The molecule has 1 aliphatic heterocycles. The molecule has 6 heteroatoms. The van der Waals surface area contributed by atoms with E-state index in [0.29, 0.717) is 12.6 Å². The van der Waals surface area contributed by atoms with Crippen LogP contribution in [-0.2, 0) is 4.79 Å².